The van der Waals surface area contributed by atoms with E-state index in [-0.39, 0.29) is 12.7 Å². The highest BCUT2D eigenvalue weighted by Gasteiger charge is 2.33. The van der Waals surface area contributed by atoms with Crippen molar-refractivity contribution in [2.24, 2.45) is 5.73 Å². The number of rotatable bonds is 8. The van der Waals surface area contributed by atoms with Crippen LogP contribution in [0.1, 0.15) is 71.6 Å². The first kappa shape index (κ1) is 15.9. The number of nitrogens with two attached hydrogens (primary N) is 1. The van der Waals surface area contributed by atoms with E-state index in [0.29, 0.717) is 6.10 Å². The maximum absolute atomic E-state index is 9.32. The van der Waals surface area contributed by atoms with Gasteiger partial charge in [-0.2, -0.15) is 0 Å². The second-order valence-electron chi connectivity index (χ2n) is 6.03. The fourth-order valence-electron chi connectivity index (χ4n) is 2.85. The van der Waals surface area contributed by atoms with Crippen molar-refractivity contribution in [2.75, 3.05) is 6.61 Å². The zero-order chi connectivity index (χ0) is 13.4. The molecule has 0 heterocycles. The Morgan fingerprint density at radius 2 is 2.17 bits per heavy atom. The third-order valence-electron chi connectivity index (χ3n) is 4.04. The molecule has 0 spiro atoms. The van der Waals surface area contributed by atoms with E-state index in [1.165, 1.54) is 25.7 Å². The smallest absolute Gasteiger partial charge is 0.0612 e. The zero-order valence-electron chi connectivity index (χ0n) is 12.2. The van der Waals surface area contributed by atoms with Gasteiger partial charge in [-0.3, -0.25) is 0 Å². The Hall–Kier alpha value is -0.120. The lowest BCUT2D eigenvalue weighted by Gasteiger charge is -2.37. The van der Waals surface area contributed by atoms with Crippen molar-refractivity contribution < 1.29 is 9.84 Å². The molecule has 1 aliphatic rings. The van der Waals surface area contributed by atoms with Gasteiger partial charge in [-0.15, -0.1) is 0 Å². The van der Waals surface area contributed by atoms with Gasteiger partial charge in [0, 0.05) is 5.54 Å². The van der Waals surface area contributed by atoms with E-state index < -0.39 is 5.54 Å². The molecule has 108 valence electrons. The number of hydrogen-bond acceptors (Lipinski definition) is 3. The van der Waals surface area contributed by atoms with Crippen molar-refractivity contribution in [2.45, 2.75) is 89.4 Å². The molecule has 0 aromatic heterocycles. The van der Waals surface area contributed by atoms with E-state index in [2.05, 4.69) is 13.8 Å². The van der Waals surface area contributed by atoms with Gasteiger partial charge in [-0.25, -0.2) is 0 Å². The summed E-state index contributed by atoms with van der Waals surface area (Å²) in [4.78, 5) is 0. The molecule has 1 rings (SSSR count). The van der Waals surface area contributed by atoms with Gasteiger partial charge in [0.1, 0.15) is 0 Å². The van der Waals surface area contributed by atoms with Crippen molar-refractivity contribution in [1.29, 1.82) is 0 Å². The van der Waals surface area contributed by atoms with Gasteiger partial charge in [-0.05, 0) is 39.0 Å². The van der Waals surface area contributed by atoms with Crippen LogP contribution in [0.3, 0.4) is 0 Å². The highest BCUT2D eigenvalue weighted by molar-refractivity contribution is 4.90. The largest absolute Gasteiger partial charge is 0.394 e. The molecule has 0 bridgehead atoms. The Morgan fingerprint density at radius 1 is 1.39 bits per heavy atom. The highest BCUT2D eigenvalue weighted by atomic mass is 16.5. The fourth-order valence-corrected chi connectivity index (χ4v) is 2.85. The lowest BCUT2D eigenvalue weighted by molar-refractivity contribution is -0.0470. The standard InChI is InChI=1S/C15H31NO2/c1-3-4-5-6-8-13(2)18-14-9-7-10-15(16,11-14)12-17/h13-14,17H,3-12,16H2,1-2H3. The van der Waals surface area contributed by atoms with Crippen molar-refractivity contribution in [3.63, 3.8) is 0 Å². The summed E-state index contributed by atoms with van der Waals surface area (Å²) in [5, 5.41) is 9.32. The van der Waals surface area contributed by atoms with Crippen LogP contribution < -0.4 is 5.73 Å². The lowest BCUT2D eigenvalue weighted by Crippen LogP contribution is -2.49. The Bertz CT molecular complexity index is 223. The predicted octanol–water partition coefficient (Wildman–Crippen LogP) is 2.99. The highest BCUT2D eigenvalue weighted by Crippen LogP contribution is 2.29. The van der Waals surface area contributed by atoms with Gasteiger partial charge in [0.2, 0.25) is 0 Å². The summed E-state index contributed by atoms with van der Waals surface area (Å²) in [6, 6.07) is 0. The molecule has 3 atom stereocenters. The normalized spacial score (nSPS) is 30.3. The first-order chi connectivity index (χ1) is 8.59. The molecule has 0 aromatic carbocycles. The molecule has 0 aromatic rings. The Kier molecular flexibility index (Phi) is 7.20. The molecule has 18 heavy (non-hydrogen) atoms. The quantitative estimate of drug-likeness (QED) is 0.657. The molecular weight excluding hydrogens is 226 g/mol. The second kappa shape index (κ2) is 8.13. The van der Waals surface area contributed by atoms with Crippen molar-refractivity contribution >= 4 is 0 Å². The van der Waals surface area contributed by atoms with E-state index in [4.69, 9.17) is 10.5 Å². The van der Waals surface area contributed by atoms with Crippen molar-refractivity contribution in [3.8, 4) is 0 Å². The van der Waals surface area contributed by atoms with Crippen LogP contribution >= 0.6 is 0 Å². The maximum atomic E-state index is 9.32. The summed E-state index contributed by atoms with van der Waals surface area (Å²) in [5.41, 5.74) is 5.74. The summed E-state index contributed by atoms with van der Waals surface area (Å²) in [6.45, 7) is 4.48. The average Bonchev–Trinajstić information content (AvgIpc) is 2.35. The van der Waals surface area contributed by atoms with Crippen LogP contribution in [0.25, 0.3) is 0 Å². The molecule has 1 saturated carbocycles. The van der Waals surface area contributed by atoms with Crippen LogP contribution in [0.2, 0.25) is 0 Å². The number of unbranched alkanes of at least 4 members (excludes halogenated alkanes) is 3. The topological polar surface area (TPSA) is 55.5 Å². The first-order valence-electron chi connectivity index (χ1n) is 7.65. The van der Waals surface area contributed by atoms with Crippen molar-refractivity contribution in [3.05, 3.63) is 0 Å². The van der Waals surface area contributed by atoms with Gasteiger partial charge >= 0.3 is 0 Å². The molecular formula is C15H31NO2. The Morgan fingerprint density at radius 3 is 2.83 bits per heavy atom. The van der Waals surface area contributed by atoms with Gasteiger partial charge in [0.25, 0.3) is 0 Å². The molecule has 3 N–H and O–H groups in total. The maximum Gasteiger partial charge on any atom is 0.0612 e. The molecule has 3 nitrogen and oxygen atoms in total. The summed E-state index contributed by atoms with van der Waals surface area (Å²) in [7, 11) is 0. The third kappa shape index (κ3) is 5.68. The van der Waals surface area contributed by atoms with Gasteiger partial charge in [0.15, 0.2) is 0 Å². The predicted molar refractivity (Wildman–Crippen MR) is 75.6 cm³/mol. The number of aliphatic hydroxyl groups is 1. The van der Waals surface area contributed by atoms with E-state index in [9.17, 15) is 5.11 Å². The van der Waals surface area contributed by atoms with Crippen LogP contribution in [-0.4, -0.2) is 29.5 Å². The van der Waals surface area contributed by atoms with E-state index >= 15 is 0 Å². The minimum absolute atomic E-state index is 0.0811. The van der Waals surface area contributed by atoms with Crippen LogP contribution in [0, 0.1) is 0 Å². The fraction of sp³-hybridized carbons (Fsp3) is 1.00. The average molecular weight is 257 g/mol. The molecule has 0 aliphatic heterocycles. The third-order valence-corrected chi connectivity index (χ3v) is 4.04. The summed E-state index contributed by atoms with van der Waals surface area (Å²) in [6.07, 6.45) is 10.8. The van der Waals surface area contributed by atoms with Gasteiger partial charge < -0.3 is 15.6 Å². The molecule has 3 heteroatoms. The molecule has 0 radical (unpaired) electrons. The molecule has 1 fully saturated rings. The van der Waals surface area contributed by atoms with Gasteiger partial charge in [-0.1, -0.05) is 32.6 Å². The van der Waals surface area contributed by atoms with Crippen LogP contribution in [-0.2, 0) is 4.74 Å². The van der Waals surface area contributed by atoms with Crippen LogP contribution in [0.15, 0.2) is 0 Å². The van der Waals surface area contributed by atoms with E-state index in [0.717, 1.165) is 32.1 Å². The van der Waals surface area contributed by atoms with Crippen molar-refractivity contribution in [1.82, 2.24) is 0 Å². The number of hydrogen-bond donors (Lipinski definition) is 2. The zero-order valence-corrected chi connectivity index (χ0v) is 12.2. The second-order valence-corrected chi connectivity index (χ2v) is 6.03. The SMILES string of the molecule is CCCCCCC(C)OC1CCCC(N)(CO)C1. The summed E-state index contributed by atoms with van der Waals surface area (Å²) >= 11 is 0. The Balaban J connectivity index is 2.20. The molecule has 1 aliphatic carbocycles. The van der Waals surface area contributed by atoms with Gasteiger partial charge in [0.05, 0.1) is 18.8 Å². The van der Waals surface area contributed by atoms with E-state index in [1.54, 1.807) is 0 Å². The lowest BCUT2D eigenvalue weighted by atomic mass is 9.81. The van der Waals surface area contributed by atoms with Crippen LogP contribution in [0.4, 0.5) is 0 Å². The number of aliphatic hydroxyl groups excluding tert-OH is 1. The number of ether oxygens (including phenoxy) is 1. The molecule has 3 unspecified atom stereocenters. The minimum atomic E-state index is -0.398. The summed E-state index contributed by atoms with van der Waals surface area (Å²) < 4.78 is 6.08. The minimum Gasteiger partial charge on any atom is -0.394 e. The molecule has 0 amide bonds. The van der Waals surface area contributed by atoms with Crippen LogP contribution in [0.5, 0.6) is 0 Å². The molecule has 0 saturated heterocycles. The Labute approximate surface area is 112 Å². The summed E-state index contributed by atoms with van der Waals surface area (Å²) in [5.74, 6) is 0. The monoisotopic (exact) mass is 257 g/mol. The van der Waals surface area contributed by atoms with E-state index in [1.807, 2.05) is 0 Å². The first-order valence-corrected chi connectivity index (χ1v) is 7.65.